The third-order valence-electron chi connectivity index (χ3n) is 2.76. The van der Waals surface area contributed by atoms with E-state index in [1.165, 1.54) is 30.3 Å². The van der Waals surface area contributed by atoms with Gasteiger partial charge >= 0.3 is 0 Å². The molecule has 1 amide bonds. The Morgan fingerprint density at radius 2 is 2.13 bits per heavy atom. The zero-order valence-electron chi connectivity index (χ0n) is 12.1. The first-order valence-corrected chi connectivity index (χ1v) is 6.56. The predicted molar refractivity (Wildman–Crippen MR) is 77.4 cm³/mol. The van der Waals surface area contributed by atoms with Crippen LogP contribution in [0.2, 0.25) is 0 Å². The lowest BCUT2D eigenvalue weighted by molar-refractivity contribution is 0.0796. The van der Waals surface area contributed by atoms with E-state index in [1.54, 1.807) is 6.92 Å². The molecule has 0 atom stereocenters. The smallest absolute Gasteiger partial charge is 0.275 e. The highest BCUT2D eigenvalue weighted by atomic mass is 19.3. The van der Waals surface area contributed by atoms with Crippen molar-refractivity contribution in [2.45, 2.75) is 13.3 Å². The van der Waals surface area contributed by atoms with E-state index < -0.39 is 18.9 Å². The summed E-state index contributed by atoms with van der Waals surface area (Å²) in [4.78, 5) is 20.0. The largest absolute Gasteiger partial charge is 0.472 e. The molecule has 0 bridgehead atoms. The average molecular weight is 318 g/mol. The van der Waals surface area contributed by atoms with Crippen LogP contribution >= 0.6 is 0 Å². The van der Waals surface area contributed by atoms with Gasteiger partial charge in [0, 0.05) is 6.07 Å². The number of aromatic nitrogens is 2. The molecule has 0 aromatic carbocycles. The zero-order valence-corrected chi connectivity index (χ0v) is 12.1. The van der Waals surface area contributed by atoms with Crippen LogP contribution in [-0.4, -0.2) is 28.9 Å². The number of hydrogen-bond acceptors (Lipinski definition) is 5. The Hall–Kier alpha value is -3.08. The van der Waals surface area contributed by atoms with E-state index in [-0.39, 0.29) is 17.4 Å². The molecule has 23 heavy (non-hydrogen) atoms. The summed E-state index contributed by atoms with van der Waals surface area (Å²) in [6, 6.07) is 9.27. The third kappa shape index (κ3) is 4.44. The van der Waals surface area contributed by atoms with E-state index in [4.69, 9.17) is 10.00 Å². The van der Waals surface area contributed by atoms with Gasteiger partial charge in [0.1, 0.15) is 17.6 Å². The lowest BCUT2D eigenvalue weighted by atomic mass is 10.2. The molecule has 0 aliphatic heterocycles. The minimum absolute atomic E-state index is 0.0212. The minimum Gasteiger partial charge on any atom is -0.472 e. The van der Waals surface area contributed by atoms with Gasteiger partial charge in [-0.3, -0.25) is 4.79 Å². The molecule has 0 aliphatic rings. The van der Waals surface area contributed by atoms with Crippen LogP contribution < -0.4 is 10.1 Å². The number of carbonyl (C=O) groups excluding carboxylic acids is 1. The SMILES string of the molecule is Cc1nc(C(=O)Nc2cccc(OCC(F)F)n2)ccc1C#N. The maximum atomic E-state index is 12.1. The van der Waals surface area contributed by atoms with E-state index in [0.717, 1.165) is 0 Å². The van der Waals surface area contributed by atoms with E-state index in [2.05, 4.69) is 15.3 Å². The fraction of sp³-hybridized carbons (Fsp3) is 0.200. The molecule has 118 valence electrons. The number of rotatable bonds is 5. The molecule has 2 aromatic rings. The van der Waals surface area contributed by atoms with E-state index in [9.17, 15) is 13.6 Å². The summed E-state index contributed by atoms with van der Waals surface area (Å²) >= 11 is 0. The van der Waals surface area contributed by atoms with Gasteiger partial charge in [-0.1, -0.05) is 6.07 Å². The summed E-state index contributed by atoms with van der Waals surface area (Å²) in [5.41, 5.74) is 0.923. The fourth-order valence-corrected chi connectivity index (χ4v) is 1.70. The minimum atomic E-state index is -2.61. The summed E-state index contributed by atoms with van der Waals surface area (Å²) in [5.74, 6) is -0.409. The second kappa shape index (κ2) is 7.26. The van der Waals surface area contributed by atoms with Crippen LogP contribution in [0.3, 0.4) is 0 Å². The number of halogens is 2. The van der Waals surface area contributed by atoms with Crippen LogP contribution in [0.5, 0.6) is 5.88 Å². The van der Waals surface area contributed by atoms with Crippen molar-refractivity contribution >= 4 is 11.7 Å². The third-order valence-corrected chi connectivity index (χ3v) is 2.76. The van der Waals surface area contributed by atoms with Crippen LogP contribution in [0.15, 0.2) is 30.3 Å². The highest BCUT2D eigenvalue weighted by molar-refractivity contribution is 6.02. The van der Waals surface area contributed by atoms with Crippen LogP contribution in [0.4, 0.5) is 14.6 Å². The first-order valence-electron chi connectivity index (χ1n) is 6.56. The van der Waals surface area contributed by atoms with Gasteiger partial charge in [0.15, 0.2) is 6.61 Å². The summed E-state index contributed by atoms with van der Waals surface area (Å²) < 4.78 is 29.0. The van der Waals surface area contributed by atoms with E-state index in [0.29, 0.717) is 11.3 Å². The predicted octanol–water partition coefficient (Wildman–Crippen LogP) is 2.55. The van der Waals surface area contributed by atoms with Gasteiger partial charge in [-0.15, -0.1) is 0 Å². The van der Waals surface area contributed by atoms with Crippen molar-refractivity contribution in [3.63, 3.8) is 0 Å². The molecule has 0 spiro atoms. The molecule has 8 heteroatoms. The van der Waals surface area contributed by atoms with Gasteiger partial charge < -0.3 is 10.1 Å². The molecular weight excluding hydrogens is 306 g/mol. The summed E-state index contributed by atoms with van der Waals surface area (Å²) in [7, 11) is 0. The van der Waals surface area contributed by atoms with Crippen LogP contribution in [-0.2, 0) is 0 Å². The molecule has 0 saturated carbocycles. The standard InChI is InChI=1S/C15H12F2N4O2/c1-9-10(7-18)5-6-11(19-9)15(22)21-13-3-2-4-14(20-13)23-8-12(16)17/h2-6,12H,8H2,1H3,(H,20,21,22). The highest BCUT2D eigenvalue weighted by Crippen LogP contribution is 2.14. The number of alkyl halides is 2. The van der Waals surface area contributed by atoms with Crippen molar-refractivity contribution in [2.24, 2.45) is 0 Å². The van der Waals surface area contributed by atoms with Gasteiger partial charge in [-0.2, -0.15) is 10.2 Å². The molecule has 1 N–H and O–H groups in total. The van der Waals surface area contributed by atoms with Crippen molar-refractivity contribution < 1.29 is 18.3 Å². The molecule has 0 radical (unpaired) electrons. The second-order valence-electron chi connectivity index (χ2n) is 4.46. The Kier molecular flexibility index (Phi) is 5.15. The number of aryl methyl sites for hydroxylation is 1. The number of hydrogen-bond donors (Lipinski definition) is 1. The zero-order chi connectivity index (χ0) is 16.8. The maximum Gasteiger partial charge on any atom is 0.275 e. The molecule has 0 fully saturated rings. The quantitative estimate of drug-likeness (QED) is 0.915. The summed E-state index contributed by atoms with van der Waals surface area (Å²) in [6.07, 6.45) is -2.61. The van der Waals surface area contributed by atoms with Gasteiger partial charge in [0.2, 0.25) is 5.88 Å². The van der Waals surface area contributed by atoms with Gasteiger partial charge in [-0.05, 0) is 25.1 Å². The van der Waals surface area contributed by atoms with Crippen LogP contribution in [0.1, 0.15) is 21.7 Å². The van der Waals surface area contributed by atoms with Crippen molar-refractivity contribution in [2.75, 3.05) is 11.9 Å². The second-order valence-corrected chi connectivity index (χ2v) is 4.46. The van der Waals surface area contributed by atoms with E-state index >= 15 is 0 Å². The van der Waals surface area contributed by atoms with Crippen molar-refractivity contribution in [1.29, 1.82) is 5.26 Å². The number of amides is 1. The molecule has 2 rings (SSSR count). The Morgan fingerprint density at radius 1 is 1.35 bits per heavy atom. The Morgan fingerprint density at radius 3 is 2.78 bits per heavy atom. The summed E-state index contributed by atoms with van der Waals surface area (Å²) in [6.45, 7) is 0.840. The number of ether oxygens (including phenoxy) is 1. The molecule has 0 aliphatic carbocycles. The van der Waals surface area contributed by atoms with Gasteiger partial charge in [0.05, 0.1) is 11.3 Å². The lowest BCUT2D eigenvalue weighted by Crippen LogP contribution is -2.16. The Bertz CT molecular complexity index is 759. The molecular formula is C15H12F2N4O2. The Labute approximate surface area is 130 Å². The van der Waals surface area contributed by atoms with Crippen molar-refractivity contribution in [3.8, 4) is 11.9 Å². The van der Waals surface area contributed by atoms with E-state index in [1.807, 2.05) is 6.07 Å². The Balaban J connectivity index is 2.09. The topological polar surface area (TPSA) is 87.9 Å². The van der Waals surface area contributed by atoms with Crippen molar-refractivity contribution in [3.05, 3.63) is 47.3 Å². The molecule has 6 nitrogen and oxygen atoms in total. The number of nitrogens with one attached hydrogen (secondary N) is 1. The average Bonchev–Trinajstić information content (AvgIpc) is 2.53. The van der Waals surface area contributed by atoms with Gasteiger partial charge in [-0.25, -0.2) is 13.8 Å². The normalized spacial score (nSPS) is 10.2. The van der Waals surface area contributed by atoms with Crippen molar-refractivity contribution in [1.82, 2.24) is 9.97 Å². The van der Waals surface area contributed by atoms with Crippen LogP contribution in [0, 0.1) is 18.3 Å². The van der Waals surface area contributed by atoms with Crippen LogP contribution in [0.25, 0.3) is 0 Å². The number of pyridine rings is 2. The number of nitrogens with zero attached hydrogens (tertiary/aromatic N) is 3. The number of nitriles is 1. The van der Waals surface area contributed by atoms with Gasteiger partial charge in [0.25, 0.3) is 12.3 Å². The first-order chi connectivity index (χ1) is 11.0. The number of carbonyl (C=O) groups is 1. The fourth-order valence-electron chi connectivity index (χ4n) is 1.70. The maximum absolute atomic E-state index is 12.1. The molecule has 2 aromatic heterocycles. The highest BCUT2D eigenvalue weighted by Gasteiger charge is 2.11. The lowest BCUT2D eigenvalue weighted by Gasteiger charge is -2.08. The molecule has 0 unspecified atom stereocenters. The summed E-state index contributed by atoms with van der Waals surface area (Å²) in [5, 5.41) is 11.3. The molecule has 2 heterocycles. The first kappa shape index (κ1) is 16.3. The number of anilines is 1. The molecule has 0 saturated heterocycles. The monoisotopic (exact) mass is 318 g/mol.